The average Bonchev–Trinajstić information content (AvgIpc) is 2.68. The maximum atomic E-state index is 13.2. The second-order valence-corrected chi connectivity index (χ2v) is 6.74. The fraction of sp³-hybridized carbons (Fsp3) is 0.0476. The van der Waals surface area contributed by atoms with Gasteiger partial charge in [-0.25, -0.2) is 9.55 Å². The van der Waals surface area contributed by atoms with Crippen LogP contribution in [0.15, 0.2) is 88.1 Å². The van der Waals surface area contributed by atoms with Gasteiger partial charge in [0, 0.05) is 11.0 Å². The molecule has 1 heterocycles. The Labute approximate surface area is 159 Å². The average molecular weight is 406 g/mol. The van der Waals surface area contributed by atoms with Crippen molar-refractivity contribution in [1.29, 1.82) is 0 Å². The molecule has 0 unspecified atom stereocenters. The Balaban J connectivity index is 1.88. The van der Waals surface area contributed by atoms with Crippen molar-refractivity contribution in [1.82, 2.24) is 9.55 Å². The first-order chi connectivity index (χ1) is 12.7. The number of hydrogen-bond acceptors (Lipinski definition) is 3. The highest BCUT2D eigenvalue weighted by molar-refractivity contribution is 9.10. The minimum Gasteiger partial charge on any atom is -0.351 e. The summed E-state index contributed by atoms with van der Waals surface area (Å²) in [5.74, 6) is 0.518. The molecule has 3 aromatic carbocycles. The van der Waals surface area contributed by atoms with E-state index in [2.05, 4.69) is 21.2 Å². The van der Waals surface area contributed by atoms with Gasteiger partial charge in [-0.05, 0) is 45.8 Å². The first kappa shape index (κ1) is 16.5. The van der Waals surface area contributed by atoms with Gasteiger partial charge in [-0.2, -0.15) is 0 Å². The molecule has 0 aliphatic carbocycles. The van der Waals surface area contributed by atoms with Gasteiger partial charge in [0.05, 0.1) is 16.6 Å². The molecule has 0 saturated heterocycles. The fourth-order valence-corrected chi connectivity index (χ4v) is 3.35. The van der Waals surface area contributed by atoms with Gasteiger partial charge >= 0.3 is 0 Å². The summed E-state index contributed by atoms with van der Waals surface area (Å²) in [4.78, 5) is 17.9. The van der Waals surface area contributed by atoms with Crippen LogP contribution in [0.25, 0.3) is 16.6 Å². The molecule has 0 spiro atoms. The number of aromatic nitrogens is 2. The van der Waals surface area contributed by atoms with E-state index in [1.54, 1.807) is 10.6 Å². The molecule has 0 saturated carbocycles. The monoisotopic (exact) mass is 405 g/mol. The number of rotatable bonds is 4. The van der Waals surface area contributed by atoms with Gasteiger partial charge in [-0.3, -0.25) is 4.79 Å². The Morgan fingerprint density at radius 3 is 2.38 bits per heavy atom. The van der Waals surface area contributed by atoms with Crippen LogP contribution in [0.4, 0.5) is 5.95 Å². The number of nitrogens with zero attached hydrogens (tertiary/aromatic N) is 2. The highest BCUT2D eigenvalue weighted by Crippen LogP contribution is 2.23. The molecule has 4 nitrogen and oxygen atoms in total. The van der Waals surface area contributed by atoms with Gasteiger partial charge in [0.25, 0.3) is 5.56 Å². The summed E-state index contributed by atoms with van der Waals surface area (Å²) in [5.41, 5.74) is 2.45. The first-order valence-corrected chi connectivity index (χ1v) is 9.08. The quantitative estimate of drug-likeness (QED) is 0.532. The standard InChI is InChI=1S/C21H16BrN3O/c22-17-11-5-7-13-19(17)25-20(26)16-10-4-6-12-18(16)24-21(25)23-14-15-8-2-1-3-9-15/h1-13H,14H2,(H,23,24). The molecule has 1 N–H and O–H groups in total. The largest absolute Gasteiger partial charge is 0.351 e. The van der Waals surface area contributed by atoms with Crippen molar-refractivity contribution in [2.45, 2.75) is 6.54 Å². The van der Waals surface area contributed by atoms with Crippen LogP contribution in [0.3, 0.4) is 0 Å². The van der Waals surface area contributed by atoms with Gasteiger partial charge in [0.15, 0.2) is 0 Å². The van der Waals surface area contributed by atoms with Crippen LogP contribution < -0.4 is 10.9 Å². The van der Waals surface area contributed by atoms with Crippen molar-refractivity contribution in [3.05, 3.63) is 99.3 Å². The lowest BCUT2D eigenvalue weighted by atomic mass is 10.2. The number of para-hydroxylation sites is 2. The minimum atomic E-state index is -0.0990. The second-order valence-electron chi connectivity index (χ2n) is 5.88. The van der Waals surface area contributed by atoms with Gasteiger partial charge in [-0.1, -0.05) is 54.6 Å². The zero-order valence-electron chi connectivity index (χ0n) is 13.9. The summed E-state index contributed by atoms with van der Waals surface area (Å²) < 4.78 is 2.46. The molecule has 1 aromatic heterocycles. The predicted octanol–water partition coefficient (Wildman–Crippen LogP) is 4.76. The van der Waals surface area contributed by atoms with E-state index in [1.165, 1.54) is 0 Å². The van der Waals surface area contributed by atoms with Crippen molar-refractivity contribution < 1.29 is 0 Å². The van der Waals surface area contributed by atoms with Gasteiger partial charge in [0.1, 0.15) is 0 Å². The van der Waals surface area contributed by atoms with Gasteiger partial charge in [-0.15, -0.1) is 0 Å². The Bertz CT molecular complexity index is 1120. The van der Waals surface area contributed by atoms with Crippen LogP contribution in [-0.2, 0) is 6.54 Å². The van der Waals surface area contributed by atoms with E-state index in [1.807, 2.05) is 72.8 Å². The molecule has 4 aromatic rings. The summed E-state index contributed by atoms with van der Waals surface area (Å²) in [6, 6.07) is 25.1. The maximum absolute atomic E-state index is 13.2. The molecule has 0 fully saturated rings. The van der Waals surface area contributed by atoms with Crippen LogP contribution in [0, 0.1) is 0 Å². The highest BCUT2D eigenvalue weighted by atomic mass is 79.9. The summed E-state index contributed by atoms with van der Waals surface area (Å²) in [6.45, 7) is 0.579. The van der Waals surface area contributed by atoms with E-state index < -0.39 is 0 Å². The third-order valence-corrected chi connectivity index (χ3v) is 4.83. The van der Waals surface area contributed by atoms with E-state index in [0.717, 1.165) is 15.7 Å². The van der Waals surface area contributed by atoms with Crippen molar-refractivity contribution in [2.24, 2.45) is 0 Å². The van der Waals surface area contributed by atoms with E-state index >= 15 is 0 Å². The number of halogens is 1. The van der Waals surface area contributed by atoms with Crippen LogP contribution in [-0.4, -0.2) is 9.55 Å². The number of anilines is 1. The highest BCUT2D eigenvalue weighted by Gasteiger charge is 2.14. The van der Waals surface area contributed by atoms with Crippen molar-refractivity contribution in [3.8, 4) is 5.69 Å². The second kappa shape index (κ2) is 7.14. The molecular weight excluding hydrogens is 390 g/mol. The number of benzene rings is 3. The van der Waals surface area contributed by atoms with Crippen molar-refractivity contribution in [2.75, 3.05) is 5.32 Å². The molecule has 0 aliphatic rings. The normalized spacial score (nSPS) is 10.8. The van der Waals surface area contributed by atoms with Crippen molar-refractivity contribution in [3.63, 3.8) is 0 Å². The Morgan fingerprint density at radius 2 is 1.58 bits per heavy atom. The number of fused-ring (bicyclic) bond motifs is 1. The topological polar surface area (TPSA) is 46.9 Å². The van der Waals surface area contributed by atoms with E-state index in [0.29, 0.717) is 23.4 Å². The summed E-state index contributed by atoms with van der Waals surface area (Å²) in [7, 11) is 0. The predicted molar refractivity (Wildman–Crippen MR) is 109 cm³/mol. The van der Waals surface area contributed by atoms with Gasteiger partial charge < -0.3 is 5.32 Å². The Hall–Kier alpha value is -2.92. The Morgan fingerprint density at radius 1 is 0.885 bits per heavy atom. The van der Waals surface area contributed by atoms with Crippen molar-refractivity contribution >= 4 is 32.8 Å². The number of nitrogens with one attached hydrogen (secondary N) is 1. The molecule has 0 radical (unpaired) electrons. The summed E-state index contributed by atoms with van der Waals surface area (Å²) in [5, 5.41) is 3.91. The number of hydrogen-bond donors (Lipinski definition) is 1. The maximum Gasteiger partial charge on any atom is 0.267 e. The Kier molecular flexibility index (Phi) is 4.54. The zero-order chi connectivity index (χ0) is 17.9. The van der Waals surface area contributed by atoms with E-state index in [-0.39, 0.29) is 5.56 Å². The molecule has 0 atom stereocenters. The lowest BCUT2D eigenvalue weighted by Gasteiger charge is -2.16. The zero-order valence-corrected chi connectivity index (χ0v) is 15.5. The van der Waals surface area contributed by atoms with Crippen LogP contribution in [0.2, 0.25) is 0 Å². The molecule has 0 amide bonds. The molecule has 4 rings (SSSR count). The SMILES string of the molecule is O=c1c2ccccc2nc(NCc2ccccc2)n1-c1ccccc1Br. The molecule has 0 bridgehead atoms. The van der Waals surface area contributed by atoms with E-state index in [9.17, 15) is 4.79 Å². The third kappa shape index (κ3) is 3.13. The van der Waals surface area contributed by atoms with E-state index in [4.69, 9.17) is 4.98 Å². The molecule has 5 heteroatoms. The van der Waals surface area contributed by atoms with Crippen LogP contribution in [0.5, 0.6) is 0 Å². The molecule has 0 aliphatic heterocycles. The molecule has 128 valence electrons. The molecular formula is C21H16BrN3O. The fourth-order valence-electron chi connectivity index (χ4n) is 2.88. The lowest BCUT2D eigenvalue weighted by molar-refractivity contribution is 0.934. The van der Waals surface area contributed by atoms with Crippen LogP contribution >= 0.6 is 15.9 Å². The smallest absolute Gasteiger partial charge is 0.267 e. The first-order valence-electron chi connectivity index (χ1n) is 8.28. The molecule has 26 heavy (non-hydrogen) atoms. The summed E-state index contributed by atoms with van der Waals surface area (Å²) in [6.07, 6.45) is 0. The summed E-state index contributed by atoms with van der Waals surface area (Å²) >= 11 is 3.55. The third-order valence-electron chi connectivity index (χ3n) is 4.16. The lowest BCUT2D eigenvalue weighted by Crippen LogP contribution is -2.24. The minimum absolute atomic E-state index is 0.0990. The van der Waals surface area contributed by atoms with Crippen LogP contribution in [0.1, 0.15) is 5.56 Å². The van der Waals surface area contributed by atoms with Gasteiger partial charge in [0.2, 0.25) is 5.95 Å².